The number of alkyl halides is 7. The van der Waals surface area contributed by atoms with Crippen LogP contribution in [0.25, 0.3) is 0 Å². The molecule has 3 nitrogen and oxygen atoms in total. The van der Waals surface area contributed by atoms with Gasteiger partial charge in [0.15, 0.2) is 16.3 Å². The molecule has 0 aliphatic heterocycles. The van der Waals surface area contributed by atoms with E-state index in [4.69, 9.17) is 0 Å². The van der Waals surface area contributed by atoms with Gasteiger partial charge in [-0.25, -0.2) is 12.8 Å². The summed E-state index contributed by atoms with van der Waals surface area (Å²) < 4.78 is 122. The van der Waals surface area contributed by atoms with E-state index < -0.39 is 39.8 Å². The van der Waals surface area contributed by atoms with Gasteiger partial charge in [-0.3, -0.25) is 0 Å². The molecule has 0 aromatic carbocycles. The minimum absolute atomic E-state index is 0. The Labute approximate surface area is 178 Å². The van der Waals surface area contributed by atoms with Crippen LogP contribution in [0.4, 0.5) is 30.7 Å². The smallest absolute Gasteiger partial charge is 0.743 e. The van der Waals surface area contributed by atoms with E-state index in [2.05, 4.69) is 0 Å². The van der Waals surface area contributed by atoms with Crippen LogP contribution in [0.1, 0.15) is 51.9 Å². The molecule has 0 bridgehead atoms. The number of rotatable bonds is 11. The monoisotopic (exact) mass is 414 g/mol. The second-order valence-electron chi connectivity index (χ2n) is 5.19. The van der Waals surface area contributed by atoms with Gasteiger partial charge in [-0.15, -0.1) is 0 Å². The first-order chi connectivity index (χ1) is 10.2. The Morgan fingerprint density at radius 1 is 0.917 bits per heavy atom. The molecule has 0 fully saturated rings. The molecule has 0 saturated heterocycles. The molecular formula is C12H18F7KO3S. The number of unbranched alkanes of at least 4 members (excludes halogenated alkanes) is 5. The minimum Gasteiger partial charge on any atom is -0.743 e. The van der Waals surface area contributed by atoms with Crippen molar-refractivity contribution in [2.75, 3.05) is 0 Å². The van der Waals surface area contributed by atoms with Gasteiger partial charge in [0.25, 0.3) is 0 Å². The molecule has 0 saturated carbocycles. The Hall–Kier alpha value is 1.06. The second kappa shape index (κ2) is 10.4. The van der Waals surface area contributed by atoms with Gasteiger partial charge in [0.2, 0.25) is 0 Å². The molecule has 0 aromatic rings. The van der Waals surface area contributed by atoms with Gasteiger partial charge < -0.3 is 4.55 Å². The van der Waals surface area contributed by atoms with E-state index in [1.807, 2.05) is 6.92 Å². The molecule has 0 aromatic heterocycles. The van der Waals surface area contributed by atoms with Gasteiger partial charge in [-0.05, 0) is 6.42 Å². The summed E-state index contributed by atoms with van der Waals surface area (Å²) in [6.07, 6.45) is -1.87. The van der Waals surface area contributed by atoms with E-state index in [1.54, 1.807) is 0 Å². The zero-order chi connectivity index (χ0) is 18.5. The fourth-order valence-corrected chi connectivity index (χ4v) is 2.28. The molecule has 0 radical (unpaired) electrons. The number of hydrogen-bond acceptors (Lipinski definition) is 3. The van der Waals surface area contributed by atoms with Crippen molar-refractivity contribution in [1.82, 2.24) is 0 Å². The van der Waals surface area contributed by atoms with E-state index in [1.165, 1.54) is 0 Å². The van der Waals surface area contributed by atoms with E-state index >= 15 is 0 Å². The van der Waals surface area contributed by atoms with Gasteiger partial charge in [-0.1, -0.05) is 45.4 Å². The number of halogens is 7. The zero-order valence-corrected chi connectivity index (χ0v) is 17.2. The Bertz CT molecular complexity index is 471. The Morgan fingerprint density at radius 2 is 1.33 bits per heavy atom. The average molecular weight is 414 g/mol. The third-order valence-corrected chi connectivity index (χ3v) is 4.19. The first-order valence-electron chi connectivity index (χ1n) is 6.96. The summed E-state index contributed by atoms with van der Waals surface area (Å²) in [7, 11) is -7.09. The minimum atomic E-state index is -7.09. The average Bonchev–Trinajstić information content (AvgIpc) is 2.40. The molecule has 24 heavy (non-hydrogen) atoms. The van der Waals surface area contributed by atoms with Crippen molar-refractivity contribution in [2.45, 2.75) is 75.1 Å². The van der Waals surface area contributed by atoms with Crippen molar-refractivity contribution >= 4 is 10.1 Å². The SMILES string of the molecule is CCCCCCCCC(F)C(F)(F)C(F)(F)C(F)(F)S(=O)(=O)[O-].[K+]. The topological polar surface area (TPSA) is 57.2 Å². The summed E-state index contributed by atoms with van der Waals surface area (Å²) in [6.45, 7) is 1.91. The summed E-state index contributed by atoms with van der Waals surface area (Å²) in [6, 6.07) is 0. The van der Waals surface area contributed by atoms with Crippen LogP contribution < -0.4 is 51.4 Å². The Morgan fingerprint density at radius 3 is 1.75 bits per heavy atom. The number of hydrogen-bond donors (Lipinski definition) is 0. The third kappa shape index (κ3) is 6.34. The van der Waals surface area contributed by atoms with Crippen LogP contribution >= 0.6 is 0 Å². The standard InChI is InChI=1S/C12H19F7O3S.K/c1-2-3-4-5-6-7-8-9(13)10(14,15)11(16,17)12(18,19)23(20,21)22;/h9H,2-8H2,1H3,(H,20,21,22);/q;+1/p-1. The van der Waals surface area contributed by atoms with Crippen molar-refractivity contribution < 1.29 is 95.1 Å². The summed E-state index contributed by atoms with van der Waals surface area (Å²) in [5.74, 6) is -12.6. The predicted octanol–water partition coefficient (Wildman–Crippen LogP) is 1.49. The molecule has 0 rings (SSSR count). The zero-order valence-electron chi connectivity index (χ0n) is 13.3. The fourth-order valence-electron chi connectivity index (χ4n) is 1.83. The second-order valence-corrected chi connectivity index (χ2v) is 6.61. The molecule has 12 heteroatoms. The first-order valence-corrected chi connectivity index (χ1v) is 8.37. The van der Waals surface area contributed by atoms with Crippen LogP contribution in [0.5, 0.6) is 0 Å². The van der Waals surface area contributed by atoms with Crippen molar-refractivity contribution in [1.29, 1.82) is 0 Å². The van der Waals surface area contributed by atoms with Gasteiger partial charge >= 0.3 is 68.5 Å². The Balaban J connectivity index is 0. The Kier molecular flexibility index (Phi) is 11.8. The van der Waals surface area contributed by atoms with Crippen LogP contribution in [-0.2, 0) is 10.1 Å². The molecule has 1 unspecified atom stereocenters. The largest absolute Gasteiger partial charge is 1.00 e. The van der Waals surface area contributed by atoms with Crippen LogP contribution in [0.3, 0.4) is 0 Å². The van der Waals surface area contributed by atoms with Crippen molar-refractivity contribution in [3.8, 4) is 0 Å². The maximum Gasteiger partial charge on any atom is 1.00 e. The van der Waals surface area contributed by atoms with Gasteiger partial charge in [0.05, 0.1) is 0 Å². The molecule has 0 aliphatic rings. The predicted molar refractivity (Wildman–Crippen MR) is 67.4 cm³/mol. The van der Waals surface area contributed by atoms with E-state index in [9.17, 15) is 43.7 Å². The maximum atomic E-state index is 13.3. The van der Waals surface area contributed by atoms with Crippen LogP contribution in [0.2, 0.25) is 0 Å². The fraction of sp³-hybridized carbons (Fsp3) is 1.00. The molecule has 140 valence electrons. The molecule has 0 heterocycles. The van der Waals surface area contributed by atoms with Crippen molar-refractivity contribution in [3.05, 3.63) is 0 Å². The maximum absolute atomic E-state index is 13.3. The summed E-state index contributed by atoms with van der Waals surface area (Å²) in [4.78, 5) is 0. The first kappa shape index (κ1) is 27.3. The summed E-state index contributed by atoms with van der Waals surface area (Å²) in [5.41, 5.74) is 0. The van der Waals surface area contributed by atoms with Crippen LogP contribution in [0, 0.1) is 0 Å². The normalized spacial score (nSPS) is 15.0. The molecule has 0 N–H and O–H groups in total. The molecular weight excluding hydrogens is 396 g/mol. The third-order valence-electron chi connectivity index (χ3n) is 3.30. The van der Waals surface area contributed by atoms with E-state index in [0.29, 0.717) is 6.42 Å². The van der Waals surface area contributed by atoms with E-state index in [-0.39, 0.29) is 64.2 Å². The van der Waals surface area contributed by atoms with Crippen LogP contribution in [-0.4, -0.2) is 36.2 Å². The summed E-state index contributed by atoms with van der Waals surface area (Å²) >= 11 is 0. The molecule has 1 atom stereocenters. The van der Waals surface area contributed by atoms with Gasteiger partial charge in [-0.2, -0.15) is 26.3 Å². The molecule has 0 aliphatic carbocycles. The van der Waals surface area contributed by atoms with E-state index in [0.717, 1.165) is 19.3 Å². The summed E-state index contributed by atoms with van der Waals surface area (Å²) in [5, 5.41) is -6.62. The quantitative estimate of drug-likeness (QED) is 0.223. The van der Waals surface area contributed by atoms with Gasteiger partial charge in [0.1, 0.15) is 0 Å². The van der Waals surface area contributed by atoms with Gasteiger partial charge in [0, 0.05) is 0 Å². The molecule has 0 amide bonds. The van der Waals surface area contributed by atoms with Crippen LogP contribution in [0.15, 0.2) is 0 Å². The van der Waals surface area contributed by atoms with Crippen molar-refractivity contribution in [2.24, 2.45) is 0 Å². The molecule has 0 spiro atoms. The van der Waals surface area contributed by atoms with Crippen molar-refractivity contribution in [3.63, 3.8) is 0 Å².